The van der Waals surface area contributed by atoms with Gasteiger partial charge in [-0.25, -0.2) is 0 Å². The van der Waals surface area contributed by atoms with Crippen LogP contribution in [-0.4, -0.2) is 54.3 Å². The molecule has 0 radical (unpaired) electrons. The Morgan fingerprint density at radius 1 is 1.18 bits per heavy atom. The summed E-state index contributed by atoms with van der Waals surface area (Å²) in [6.07, 6.45) is 2.47. The van der Waals surface area contributed by atoms with Gasteiger partial charge in [-0.2, -0.15) is 17.0 Å². The minimum atomic E-state index is -3.28. The largest absolute Gasteiger partial charge is 0.481 e. The van der Waals surface area contributed by atoms with Crippen molar-refractivity contribution in [2.45, 2.75) is 31.7 Å². The van der Waals surface area contributed by atoms with Crippen molar-refractivity contribution in [1.29, 1.82) is 0 Å². The highest BCUT2D eigenvalue weighted by atomic mass is 32.2. The summed E-state index contributed by atoms with van der Waals surface area (Å²) in [5.74, 6) is -1.06. The van der Waals surface area contributed by atoms with Gasteiger partial charge in [-0.1, -0.05) is 0 Å². The van der Waals surface area contributed by atoms with Gasteiger partial charge in [-0.15, -0.1) is 0 Å². The SMILES string of the molecule is CN1CCN(C2CCC(C(=O)O)CC2)S1(=O)=O. The van der Waals surface area contributed by atoms with Crippen LogP contribution < -0.4 is 0 Å². The third kappa shape index (κ3) is 2.31. The average molecular weight is 262 g/mol. The van der Waals surface area contributed by atoms with Crippen molar-refractivity contribution in [2.24, 2.45) is 5.92 Å². The molecule has 2 rings (SSSR count). The molecule has 1 aliphatic carbocycles. The van der Waals surface area contributed by atoms with Crippen LogP contribution in [0.4, 0.5) is 0 Å². The Hall–Kier alpha value is -0.660. The molecule has 0 spiro atoms. The molecule has 1 aliphatic heterocycles. The Morgan fingerprint density at radius 3 is 2.18 bits per heavy atom. The van der Waals surface area contributed by atoms with Gasteiger partial charge in [0.15, 0.2) is 0 Å². The second kappa shape index (κ2) is 4.55. The summed E-state index contributed by atoms with van der Waals surface area (Å²) in [7, 11) is -1.70. The van der Waals surface area contributed by atoms with Crippen LogP contribution in [0.3, 0.4) is 0 Å². The Balaban J connectivity index is 2.00. The molecule has 0 bridgehead atoms. The summed E-state index contributed by atoms with van der Waals surface area (Å²) in [5, 5.41) is 8.89. The maximum absolute atomic E-state index is 11.9. The van der Waals surface area contributed by atoms with Gasteiger partial charge >= 0.3 is 5.97 Å². The van der Waals surface area contributed by atoms with Gasteiger partial charge in [0.25, 0.3) is 10.2 Å². The van der Waals surface area contributed by atoms with Crippen molar-refractivity contribution in [3.05, 3.63) is 0 Å². The molecule has 2 fully saturated rings. The first-order valence-corrected chi connectivity index (χ1v) is 7.28. The second-order valence-corrected chi connectivity index (χ2v) is 6.77. The maximum atomic E-state index is 11.9. The number of likely N-dealkylation sites (N-methyl/N-ethyl adjacent to an activating group) is 1. The summed E-state index contributed by atoms with van der Waals surface area (Å²) in [5.41, 5.74) is 0. The number of aliphatic carboxylic acids is 1. The highest BCUT2D eigenvalue weighted by Crippen LogP contribution is 2.31. The molecule has 1 saturated heterocycles. The molecule has 6 nitrogen and oxygen atoms in total. The van der Waals surface area contributed by atoms with Gasteiger partial charge in [0.2, 0.25) is 0 Å². The molecular formula is C10H18N2O4S. The molecule has 1 saturated carbocycles. The van der Waals surface area contributed by atoms with E-state index in [0.717, 1.165) is 0 Å². The third-order valence-electron chi connectivity index (χ3n) is 3.78. The number of nitrogens with zero attached hydrogens (tertiary/aromatic N) is 2. The van der Waals surface area contributed by atoms with Crippen LogP contribution in [0.1, 0.15) is 25.7 Å². The highest BCUT2D eigenvalue weighted by molar-refractivity contribution is 7.87. The predicted molar refractivity (Wildman–Crippen MR) is 61.6 cm³/mol. The first-order chi connectivity index (χ1) is 7.93. The van der Waals surface area contributed by atoms with Gasteiger partial charge in [-0.3, -0.25) is 4.79 Å². The van der Waals surface area contributed by atoms with E-state index in [1.165, 1.54) is 8.61 Å². The van der Waals surface area contributed by atoms with Crippen LogP contribution in [-0.2, 0) is 15.0 Å². The first kappa shape index (κ1) is 12.8. The van der Waals surface area contributed by atoms with Gasteiger partial charge in [-0.05, 0) is 25.7 Å². The molecule has 0 atom stereocenters. The molecule has 0 amide bonds. The quantitative estimate of drug-likeness (QED) is 0.767. The fraction of sp³-hybridized carbons (Fsp3) is 0.900. The maximum Gasteiger partial charge on any atom is 0.306 e. The van der Waals surface area contributed by atoms with Gasteiger partial charge in [0.05, 0.1) is 5.92 Å². The topological polar surface area (TPSA) is 77.9 Å². The van der Waals surface area contributed by atoms with Crippen molar-refractivity contribution in [1.82, 2.24) is 8.61 Å². The molecule has 1 N–H and O–H groups in total. The van der Waals surface area contributed by atoms with Crippen molar-refractivity contribution in [3.8, 4) is 0 Å². The van der Waals surface area contributed by atoms with Gasteiger partial charge in [0, 0.05) is 26.2 Å². The molecule has 0 unspecified atom stereocenters. The lowest BCUT2D eigenvalue weighted by Crippen LogP contribution is -2.41. The van der Waals surface area contributed by atoms with Crippen LogP contribution in [0.5, 0.6) is 0 Å². The molecule has 0 aromatic carbocycles. The molecule has 0 aromatic rings. The first-order valence-electron chi connectivity index (χ1n) is 5.89. The van der Waals surface area contributed by atoms with Crippen LogP contribution >= 0.6 is 0 Å². The third-order valence-corrected chi connectivity index (χ3v) is 5.82. The summed E-state index contributed by atoms with van der Waals surface area (Å²) in [4.78, 5) is 10.8. The minimum Gasteiger partial charge on any atom is -0.481 e. The average Bonchev–Trinajstić information content (AvgIpc) is 2.54. The van der Waals surface area contributed by atoms with E-state index < -0.39 is 16.2 Å². The molecule has 0 aromatic heterocycles. The molecule has 7 heteroatoms. The number of carbonyl (C=O) groups is 1. The van der Waals surface area contributed by atoms with Gasteiger partial charge < -0.3 is 5.11 Å². The summed E-state index contributed by atoms with van der Waals surface area (Å²) in [6, 6.07) is -0.0134. The molecule has 98 valence electrons. The number of carboxylic acids is 1. The van der Waals surface area contributed by atoms with E-state index in [2.05, 4.69) is 0 Å². The fourth-order valence-electron chi connectivity index (χ4n) is 2.63. The summed E-state index contributed by atoms with van der Waals surface area (Å²) in [6.45, 7) is 1.06. The Labute approximate surface area is 101 Å². The lowest BCUT2D eigenvalue weighted by molar-refractivity contribution is -0.143. The molecular weight excluding hydrogens is 244 g/mol. The summed E-state index contributed by atoms with van der Waals surface area (Å²) < 4.78 is 26.8. The summed E-state index contributed by atoms with van der Waals surface area (Å²) >= 11 is 0. The molecule has 2 aliphatic rings. The van der Waals surface area contributed by atoms with E-state index in [1.807, 2.05) is 0 Å². The van der Waals surface area contributed by atoms with E-state index >= 15 is 0 Å². The smallest absolute Gasteiger partial charge is 0.306 e. The van der Waals surface area contributed by atoms with Crippen LogP contribution in [0.2, 0.25) is 0 Å². The van der Waals surface area contributed by atoms with Crippen molar-refractivity contribution >= 4 is 16.2 Å². The van der Waals surface area contributed by atoms with Gasteiger partial charge in [0.1, 0.15) is 0 Å². The lowest BCUT2D eigenvalue weighted by Gasteiger charge is -2.31. The van der Waals surface area contributed by atoms with E-state index in [1.54, 1.807) is 7.05 Å². The fourth-order valence-corrected chi connectivity index (χ4v) is 4.20. The number of rotatable bonds is 2. The molecule has 17 heavy (non-hydrogen) atoms. The zero-order valence-corrected chi connectivity index (χ0v) is 10.7. The predicted octanol–water partition coefficient (Wildman–Crippen LogP) is 0.122. The Bertz CT molecular complexity index is 401. The zero-order chi connectivity index (χ0) is 12.6. The van der Waals surface area contributed by atoms with Crippen molar-refractivity contribution < 1.29 is 18.3 Å². The normalized spacial score (nSPS) is 34.9. The minimum absolute atomic E-state index is 0.0134. The van der Waals surface area contributed by atoms with Crippen LogP contribution in [0.15, 0.2) is 0 Å². The van der Waals surface area contributed by atoms with E-state index in [0.29, 0.717) is 38.8 Å². The van der Waals surface area contributed by atoms with E-state index in [4.69, 9.17) is 5.11 Å². The Morgan fingerprint density at radius 2 is 1.76 bits per heavy atom. The van der Waals surface area contributed by atoms with E-state index in [9.17, 15) is 13.2 Å². The zero-order valence-electron chi connectivity index (χ0n) is 9.87. The monoisotopic (exact) mass is 262 g/mol. The number of hydrogen-bond donors (Lipinski definition) is 1. The van der Waals surface area contributed by atoms with Crippen LogP contribution in [0, 0.1) is 5.92 Å². The Kier molecular flexibility index (Phi) is 3.42. The van der Waals surface area contributed by atoms with Crippen LogP contribution in [0.25, 0.3) is 0 Å². The van der Waals surface area contributed by atoms with Crippen molar-refractivity contribution in [3.63, 3.8) is 0 Å². The standard InChI is InChI=1S/C10H18N2O4S/c1-11-6-7-12(17(11,15)16)9-4-2-8(3-5-9)10(13)14/h8-9H,2-7H2,1H3,(H,13,14). The number of hydrogen-bond acceptors (Lipinski definition) is 3. The van der Waals surface area contributed by atoms with E-state index in [-0.39, 0.29) is 12.0 Å². The number of carboxylic acid groups (broad SMARTS) is 1. The highest BCUT2D eigenvalue weighted by Gasteiger charge is 2.40. The van der Waals surface area contributed by atoms with Crippen molar-refractivity contribution in [2.75, 3.05) is 20.1 Å². The second-order valence-electron chi connectivity index (χ2n) is 4.78. The molecule has 1 heterocycles. The lowest BCUT2D eigenvalue weighted by atomic mass is 9.86.